The first-order valence-electron chi connectivity index (χ1n) is 7.33. The van der Waals surface area contributed by atoms with E-state index in [1.807, 2.05) is 0 Å². The van der Waals surface area contributed by atoms with E-state index in [2.05, 4.69) is 0 Å². The van der Waals surface area contributed by atoms with Gasteiger partial charge in [0.25, 0.3) is 0 Å². The number of carboxylic acid groups (broad SMARTS) is 1. The topological polar surface area (TPSA) is 87.2 Å². The molecule has 2 amide bonds. The molecule has 0 aromatic heterocycles. The molecule has 1 aliphatic heterocycles. The number of carbonyl (C=O) groups is 3. The zero-order valence-corrected chi connectivity index (χ0v) is 12.9. The number of esters is 1. The number of rotatable bonds is 5. The number of urea groups is 1. The third-order valence-corrected chi connectivity index (χ3v) is 3.83. The summed E-state index contributed by atoms with van der Waals surface area (Å²) >= 11 is 0. The van der Waals surface area contributed by atoms with Crippen LogP contribution < -0.4 is 0 Å². The van der Waals surface area contributed by atoms with Gasteiger partial charge in [0.05, 0.1) is 12.5 Å². The van der Waals surface area contributed by atoms with Crippen molar-refractivity contribution in [2.24, 2.45) is 5.92 Å². The number of hydrogen-bond donors (Lipinski definition) is 1. The number of hydrogen-bond acceptors (Lipinski definition) is 4. The van der Waals surface area contributed by atoms with E-state index in [1.54, 1.807) is 18.7 Å². The van der Waals surface area contributed by atoms with E-state index in [4.69, 9.17) is 9.84 Å². The molecule has 0 aliphatic carbocycles. The largest absolute Gasteiger partial charge is 0.480 e. The lowest BCUT2D eigenvalue weighted by molar-refractivity contribution is -0.149. The Kier molecular flexibility index (Phi) is 6.45. The van der Waals surface area contributed by atoms with Gasteiger partial charge in [-0.1, -0.05) is 6.92 Å². The fourth-order valence-electron chi connectivity index (χ4n) is 2.54. The minimum absolute atomic E-state index is 0.166. The van der Waals surface area contributed by atoms with Crippen molar-refractivity contribution in [2.75, 3.05) is 26.7 Å². The quantitative estimate of drug-likeness (QED) is 0.770. The Hall–Kier alpha value is -1.79. The number of ether oxygens (including phenoxy) is 1. The smallest absolute Gasteiger partial charge is 0.326 e. The lowest BCUT2D eigenvalue weighted by atomic mass is 9.97. The van der Waals surface area contributed by atoms with Crippen LogP contribution in [-0.2, 0) is 14.3 Å². The molecule has 1 heterocycles. The molecule has 1 atom stereocenters. The van der Waals surface area contributed by atoms with E-state index in [9.17, 15) is 14.4 Å². The van der Waals surface area contributed by atoms with Crippen LogP contribution in [0.4, 0.5) is 4.79 Å². The monoisotopic (exact) mass is 300 g/mol. The maximum atomic E-state index is 12.3. The van der Waals surface area contributed by atoms with Gasteiger partial charge in [-0.05, 0) is 26.2 Å². The van der Waals surface area contributed by atoms with Crippen LogP contribution in [0.1, 0.15) is 33.1 Å². The van der Waals surface area contributed by atoms with Crippen molar-refractivity contribution in [2.45, 2.75) is 39.2 Å². The zero-order chi connectivity index (χ0) is 16.0. The van der Waals surface area contributed by atoms with Crippen LogP contribution in [0.2, 0.25) is 0 Å². The third-order valence-electron chi connectivity index (χ3n) is 3.83. The van der Waals surface area contributed by atoms with Gasteiger partial charge < -0.3 is 19.6 Å². The third kappa shape index (κ3) is 4.34. The summed E-state index contributed by atoms with van der Waals surface area (Å²) in [4.78, 5) is 37.9. The van der Waals surface area contributed by atoms with Crippen molar-refractivity contribution >= 4 is 18.0 Å². The van der Waals surface area contributed by atoms with Gasteiger partial charge in [0.15, 0.2) is 0 Å². The van der Waals surface area contributed by atoms with Crippen molar-refractivity contribution < 1.29 is 24.2 Å². The molecule has 1 unspecified atom stereocenters. The maximum absolute atomic E-state index is 12.3. The van der Waals surface area contributed by atoms with Crippen LogP contribution in [-0.4, -0.2) is 65.7 Å². The number of nitrogens with zero attached hydrogens (tertiary/aromatic N) is 2. The average molecular weight is 300 g/mol. The van der Waals surface area contributed by atoms with Gasteiger partial charge in [-0.15, -0.1) is 0 Å². The van der Waals surface area contributed by atoms with Crippen LogP contribution in [0, 0.1) is 5.92 Å². The van der Waals surface area contributed by atoms with Gasteiger partial charge in [0.2, 0.25) is 0 Å². The van der Waals surface area contributed by atoms with Gasteiger partial charge in [0, 0.05) is 20.1 Å². The molecular weight excluding hydrogens is 276 g/mol. The summed E-state index contributed by atoms with van der Waals surface area (Å²) in [5, 5.41) is 9.09. The van der Waals surface area contributed by atoms with Crippen molar-refractivity contribution in [1.82, 2.24) is 9.80 Å². The number of aliphatic carboxylic acids is 1. The van der Waals surface area contributed by atoms with Crippen LogP contribution in [0.25, 0.3) is 0 Å². The maximum Gasteiger partial charge on any atom is 0.326 e. The molecule has 1 aliphatic rings. The molecule has 1 N–H and O–H groups in total. The number of carboxylic acids is 1. The molecule has 7 heteroatoms. The molecular formula is C14H24N2O5. The molecule has 0 saturated carbocycles. The first kappa shape index (κ1) is 17.3. The highest BCUT2D eigenvalue weighted by atomic mass is 16.5. The van der Waals surface area contributed by atoms with E-state index in [-0.39, 0.29) is 17.9 Å². The second-order valence-corrected chi connectivity index (χ2v) is 5.17. The highest BCUT2D eigenvalue weighted by Crippen LogP contribution is 2.20. The predicted molar refractivity (Wildman–Crippen MR) is 75.8 cm³/mol. The van der Waals surface area contributed by atoms with Gasteiger partial charge >= 0.3 is 18.0 Å². The summed E-state index contributed by atoms with van der Waals surface area (Å²) in [6, 6.07) is -1.12. The van der Waals surface area contributed by atoms with Crippen LogP contribution >= 0.6 is 0 Å². The lowest BCUT2D eigenvalue weighted by Crippen LogP contribution is -2.51. The van der Waals surface area contributed by atoms with Crippen molar-refractivity contribution in [3.8, 4) is 0 Å². The van der Waals surface area contributed by atoms with Crippen LogP contribution in [0.3, 0.4) is 0 Å². The SMILES string of the molecule is CCOC(=O)C1CCN(C(=O)N(C)C(CC)C(=O)O)CC1. The van der Waals surface area contributed by atoms with Gasteiger partial charge in [-0.3, -0.25) is 4.79 Å². The number of likely N-dealkylation sites (N-methyl/N-ethyl adjacent to an activating group) is 1. The van der Waals surface area contributed by atoms with Crippen LogP contribution in [0.5, 0.6) is 0 Å². The minimum atomic E-state index is -1.00. The summed E-state index contributed by atoms with van der Waals surface area (Å²) in [6.07, 6.45) is 1.47. The lowest BCUT2D eigenvalue weighted by Gasteiger charge is -2.35. The predicted octanol–water partition coefficient (Wildman–Crippen LogP) is 1.18. The van der Waals surface area contributed by atoms with Gasteiger partial charge in [0.1, 0.15) is 6.04 Å². The van der Waals surface area contributed by atoms with Gasteiger partial charge in [-0.25, -0.2) is 9.59 Å². The fraction of sp³-hybridized carbons (Fsp3) is 0.786. The molecule has 7 nitrogen and oxygen atoms in total. The van der Waals surface area contributed by atoms with Crippen molar-refractivity contribution in [3.05, 3.63) is 0 Å². The molecule has 0 spiro atoms. The summed E-state index contributed by atoms with van der Waals surface area (Å²) < 4.78 is 4.98. The molecule has 120 valence electrons. The normalized spacial score (nSPS) is 17.2. The second kappa shape index (κ2) is 7.85. The Morgan fingerprint density at radius 3 is 2.29 bits per heavy atom. The Morgan fingerprint density at radius 2 is 1.86 bits per heavy atom. The van der Waals surface area contributed by atoms with Gasteiger partial charge in [-0.2, -0.15) is 0 Å². The molecule has 1 rings (SSSR count). The second-order valence-electron chi connectivity index (χ2n) is 5.17. The first-order chi connectivity index (χ1) is 9.92. The van der Waals surface area contributed by atoms with E-state index in [0.29, 0.717) is 39.0 Å². The van der Waals surface area contributed by atoms with E-state index >= 15 is 0 Å². The summed E-state index contributed by atoms with van der Waals surface area (Å²) in [5.74, 6) is -1.38. The Morgan fingerprint density at radius 1 is 1.29 bits per heavy atom. The standard InChI is InChI=1S/C14H24N2O5/c1-4-11(12(17)18)15(3)14(20)16-8-6-10(7-9-16)13(19)21-5-2/h10-11H,4-9H2,1-3H3,(H,17,18). The first-order valence-corrected chi connectivity index (χ1v) is 7.33. The Labute approximate surface area is 124 Å². The van der Waals surface area contributed by atoms with E-state index in [1.165, 1.54) is 11.9 Å². The zero-order valence-electron chi connectivity index (χ0n) is 12.9. The van der Waals surface area contributed by atoms with E-state index < -0.39 is 12.0 Å². The molecule has 0 bridgehead atoms. The molecule has 0 radical (unpaired) electrons. The molecule has 0 aromatic carbocycles. The average Bonchev–Trinajstić information content (AvgIpc) is 2.47. The summed E-state index contributed by atoms with van der Waals surface area (Å²) in [6.45, 7) is 4.75. The van der Waals surface area contributed by atoms with Crippen molar-refractivity contribution in [1.29, 1.82) is 0 Å². The highest BCUT2D eigenvalue weighted by Gasteiger charge is 2.32. The number of piperidine rings is 1. The summed E-state index contributed by atoms with van der Waals surface area (Å²) in [5.41, 5.74) is 0. The number of amides is 2. The Balaban J connectivity index is 2.55. The minimum Gasteiger partial charge on any atom is -0.480 e. The number of likely N-dealkylation sites (tertiary alicyclic amines) is 1. The van der Waals surface area contributed by atoms with Crippen molar-refractivity contribution in [3.63, 3.8) is 0 Å². The summed E-state index contributed by atoms with van der Waals surface area (Å²) in [7, 11) is 1.50. The molecule has 1 fully saturated rings. The molecule has 1 saturated heterocycles. The van der Waals surface area contributed by atoms with E-state index in [0.717, 1.165) is 0 Å². The Bertz CT molecular complexity index is 391. The highest BCUT2D eigenvalue weighted by molar-refractivity contribution is 5.82. The van der Waals surface area contributed by atoms with Crippen LogP contribution in [0.15, 0.2) is 0 Å². The number of carbonyl (C=O) groups excluding carboxylic acids is 2. The fourth-order valence-corrected chi connectivity index (χ4v) is 2.54. The molecule has 0 aromatic rings. The molecule has 21 heavy (non-hydrogen) atoms.